The summed E-state index contributed by atoms with van der Waals surface area (Å²) in [5.74, 6) is 0. The summed E-state index contributed by atoms with van der Waals surface area (Å²) in [5.41, 5.74) is -1.69. The van der Waals surface area contributed by atoms with Crippen molar-refractivity contribution in [3.05, 3.63) is 54.3 Å². The number of hydrogen-bond donors (Lipinski definition) is 1. The van der Waals surface area contributed by atoms with Gasteiger partial charge >= 0.3 is 11.4 Å². The zero-order chi connectivity index (χ0) is 21.9. The number of hydrogen-bond acceptors (Lipinski definition) is 7. The van der Waals surface area contributed by atoms with Crippen molar-refractivity contribution in [2.24, 2.45) is 28.2 Å². The van der Waals surface area contributed by atoms with Crippen LogP contribution in [0.15, 0.2) is 31.8 Å². The number of imidazole rings is 2. The van der Waals surface area contributed by atoms with Crippen LogP contribution in [-0.4, -0.2) is 48.6 Å². The fourth-order valence-corrected chi connectivity index (χ4v) is 3.59. The summed E-state index contributed by atoms with van der Waals surface area (Å²) < 4.78 is 7.11. The number of aliphatic hydroxyl groups is 1. The molecule has 4 aromatic heterocycles. The first-order chi connectivity index (χ1) is 14.1. The van der Waals surface area contributed by atoms with E-state index in [4.69, 9.17) is 0 Å². The molecule has 4 aromatic rings. The number of aryl methyl sites for hydroxylation is 4. The van der Waals surface area contributed by atoms with E-state index in [0.29, 0.717) is 0 Å². The van der Waals surface area contributed by atoms with Crippen LogP contribution in [0.2, 0.25) is 0 Å². The van der Waals surface area contributed by atoms with Crippen LogP contribution in [0, 0.1) is 0 Å². The Hall–Kier alpha value is -3.74. The molecule has 158 valence electrons. The van der Waals surface area contributed by atoms with Crippen molar-refractivity contribution in [3.63, 3.8) is 0 Å². The van der Waals surface area contributed by atoms with Gasteiger partial charge in [-0.1, -0.05) is 0 Å². The Morgan fingerprint density at radius 1 is 0.767 bits per heavy atom. The van der Waals surface area contributed by atoms with E-state index in [-0.39, 0.29) is 22.3 Å². The minimum Gasteiger partial charge on any atom is -0.389 e. The quantitative estimate of drug-likeness (QED) is 0.380. The normalized spacial score (nSPS) is 11.9. The van der Waals surface area contributed by atoms with Crippen LogP contribution in [-0.2, 0) is 41.3 Å². The Morgan fingerprint density at radius 2 is 1.13 bits per heavy atom. The Kier molecular flexibility index (Phi) is 4.34. The van der Waals surface area contributed by atoms with Gasteiger partial charge in [-0.15, -0.1) is 0 Å². The monoisotopic (exact) mass is 416 g/mol. The van der Waals surface area contributed by atoms with E-state index < -0.39 is 41.7 Å². The van der Waals surface area contributed by atoms with Gasteiger partial charge in [0.25, 0.3) is 11.1 Å². The summed E-state index contributed by atoms with van der Waals surface area (Å²) in [4.78, 5) is 58.8. The fraction of sp³-hybridized carbons (Fsp3) is 0.412. The number of aromatic nitrogens is 8. The first-order valence-corrected chi connectivity index (χ1v) is 9.03. The summed E-state index contributed by atoms with van der Waals surface area (Å²) >= 11 is 0. The highest BCUT2D eigenvalue weighted by atomic mass is 16.3. The SMILES string of the molecule is Cn1cnc2c1c(=O)n(CC(O)Cn1c(=O)c3c(ncn3C)n(C)c1=O)c(=O)n2C. The highest BCUT2D eigenvalue weighted by Gasteiger charge is 2.20. The van der Waals surface area contributed by atoms with E-state index in [1.165, 1.54) is 45.0 Å². The summed E-state index contributed by atoms with van der Waals surface area (Å²) in [5, 5.41) is 10.6. The van der Waals surface area contributed by atoms with E-state index in [9.17, 15) is 24.3 Å². The Morgan fingerprint density at radius 3 is 1.50 bits per heavy atom. The topological polar surface area (TPSA) is 144 Å². The number of rotatable bonds is 4. The predicted molar refractivity (Wildman–Crippen MR) is 106 cm³/mol. The lowest BCUT2D eigenvalue weighted by atomic mass is 10.3. The van der Waals surface area contributed by atoms with Crippen molar-refractivity contribution >= 4 is 22.3 Å². The third-order valence-electron chi connectivity index (χ3n) is 5.19. The van der Waals surface area contributed by atoms with Gasteiger partial charge in [-0.05, 0) is 0 Å². The van der Waals surface area contributed by atoms with Crippen molar-refractivity contribution in [3.8, 4) is 0 Å². The predicted octanol–water partition coefficient (Wildman–Crippen LogP) is -2.76. The van der Waals surface area contributed by atoms with Crippen LogP contribution < -0.4 is 22.5 Å². The number of aliphatic hydroxyl groups excluding tert-OH is 1. The van der Waals surface area contributed by atoms with Crippen LogP contribution in [0.3, 0.4) is 0 Å². The van der Waals surface area contributed by atoms with Crippen LogP contribution in [0.5, 0.6) is 0 Å². The van der Waals surface area contributed by atoms with Crippen LogP contribution in [0.1, 0.15) is 0 Å². The maximum absolute atomic E-state index is 12.8. The molecule has 0 unspecified atom stereocenters. The number of nitrogens with zero attached hydrogens (tertiary/aromatic N) is 8. The highest BCUT2D eigenvalue weighted by molar-refractivity contribution is 5.70. The second kappa shape index (κ2) is 6.66. The molecular formula is C17H20N8O5. The maximum atomic E-state index is 12.8. The summed E-state index contributed by atoms with van der Waals surface area (Å²) in [6.07, 6.45) is 1.48. The molecule has 0 radical (unpaired) electrons. The van der Waals surface area contributed by atoms with Gasteiger partial charge in [0, 0.05) is 28.2 Å². The number of fused-ring (bicyclic) bond motifs is 2. The van der Waals surface area contributed by atoms with Crippen molar-refractivity contribution in [1.82, 2.24) is 37.4 Å². The second-order valence-corrected chi connectivity index (χ2v) is 7.22. The first-order valence-electron chi connectivity index (χ1n) is 9.03. The molecule has 4 heterocycles. The van der Waals surface area contributed by atoms with Gasteiger partial charge < -0.3 is 14.2 Å². The lowest BCUT2D eigenvalue weighted by molar-refractivity contribution is 0.128. The molecule has 0 saturated heterocycles. The average molecular weight is 416 g/mol. The Labute approximate surface area is 167 Å². The zero-order valence-corrected chi connectivity index (χ0v) is 16.8. The van der Waals surface area contributed by atoms with Crippen LogP contribution >= 0.6 is 0 Å². The summed E-state index contributed by atoms with van der Waals surface area (Å²) in [6, 6.07) is 0. The summed E-state index contributed by atoms with van der Waals surface area (Å²) in [7, 11) is 6.18. The molecule has 0 spiro atoms. The van der Waals surface area contributed by atoms with E-state index >= 15 is 0 Å². The molecular weight excluding hydrogens is 396 g/mol. The van der Waals surface area contributed by atoms with Crippen LogP contribution in [0.4, 0.5) is 0 Å². The van der Waals surface area contributed by atoms with Crippen molar-refractivity contribution in [2.45, 2.75) is 19.2 Å². The van der Waals surface area contributed by atoms with Gasteiger partial charge in [0.15, 0.2) is 22.3 Å². The Bertz CT molecular complexity index is 1430. The smallest absolute Gasteiger partial charge is 0.332 e. The second-order valence-electron chi connectivity index (χ2n) is 7.22. The lowest BCUT2D eigenvalue weighted by Crippen LogP contribution is -2.46. The first kappa shape index (κ1) is 19.6. The Balaban J connectivity index is 1.78. The standard InChI is InChI=1S/C17H20N8O5/c1-20-7-18-12-10(20)14(27)24(16(29)22(12)3)5-9(26)6-25-15(28)11-13(19-8-21(11)2)23(4)17(25)30/h7-9,26H,5-6H2,1-4H3. The molecule has 0 aromatic carbocycles. The molecule has 13 heteroatoms. The molecule has 0 amide bonds. The lowest BCUT2D eigenvalue weighted by Gasteiger charge is -2.15. The minimum absolute atomic E-state index is 0.202. The molecule has 13 nitrogen and oxygen atoms in total. The molecule has 0 fully saturated rings. The molecule has 1 N–H and O–H groups in total. The van der Waals surface area contributed by atoms with Gasteiger partial charge in [0.1, 0.15) is 0 Å². The van der Waals surface area contributed by atoms with Gasteiger partial charge in [0.2, 0.25) is 0 Å². The molecule has 0 aliphatic heterocycles. The van der Waals surface area contributed by atoms with E-state index in [1.807, 2.05) is 0 Å². The maximum Gasteiger partial charge on any atom is 0.332 e. The minimum atomic E-state index is -1.35. The van der Waals surface area contributed by atoms with Gasteiger partial charge in [-0.3, -0.25) is 27.9 Å². The molecule has 0 atom stereocenters. The molecule has 4 rings (SSSR count). The third-order valence-corrected chi connectivity index (χ3v) is 5.19. The van der Waals surface area contributed by atoms with E-state index in [2.05, 4.69) is 9.97 Å². The van der Waals surface area contributed by atoms with Gasteiger partial charge in [-0.2, -0.15) is 0 Å². The molecule has 0 aliphatic rings. The highest BCUT2D eigenvalue weighted by Crippen LogP contribution is 2.05. The van der Waals surface area contributed by atoms with E-state index in [0.717, 1.165) is 9.13 Å². The van der Waals surface area contributed by atoms with Crippen molar-refractivity contribution in [2.75, 3.05) is 0 Å². The largest absolute Gasteiger partial charge is 0.389 e. The zero-order valence-electron chi connectivity index (χ0n) is 16.8. The summed E-state index contributed by atoms with van der Waals surface area (Å²) in [6.45, 7) is -0.794. The molecule has 30 heavy (non-hydrogen) atoms. The average Bonchev–Trinajstić information content (AvgIpc) is 3.28. The third kappa shape index (κ3) is 2.66. The van der Waals surface area contributed by atoms with Gasteiger partial charge in [-0.25, -0.2) is 19.6 Å². The fourth-order valence-electron chi connectivity index (χ4n) is 3.59. The van der Waals surface area contributed by atoms with Crippen LogP contribution in [0.25, 0.3) is 22.3 Å². The van der Waals surface area contributed by atoms with Crippen molar-refractivity contribution < 1.29 is 5.11 Å². The van der Waals surface area contributed by atoms with E-state index in [1.54, 1.807) is 14.1 Å². The van der Waals surface area contributed by atoms with Gasteiger partial charge in [0.05, 0.1) is 31.8 Å². The molecule has 0 bridgehead atoms. The molecule has 0 saturated carbocycles. The molecule has 0 aliphatic carbocycles. The van der Waals surface area contributed by atoms with Crippen molar-refractivity contribution in [1.29, 1.82) is 0 Å².